The zero-order valence-corrected chi connectivity index (χ0v) is 14.4. The van der Waals surface area contributed by atoms with Crippen LogP contribution in [0.3, 0.4) is 0 Å². The van der Waals surface area contributed by atoms with Crippen LogP contribution >= 0.6 is 27.7 Å². The molecule has 22 heavy (non-hydrogen) atoms. The van der Waals surface area contributed by atoms with E-state index in [1.54, 1.807) is 18.7 Å². The van der Waals surface area contributed by atoms with Crippen molar-refractivity contribution in [2.75, 3.05) is 0 Å². The molecule has 1 aromatic carbocycles. The monoisotopic (exact) mass is 380 g/mol. The van der Waals surface area contributed by atoms with Crippen molar-refractivity contribution >= 4 is 38.9 Å². The summed E-state index contributed by atoms with van der Waals surface area (Å²) in [6.07, 6.45) is 0. The summed E-state index contributed by atoms with van der Waals surface area (Å²) in [5.74, 6) is 0.683. The van der Waals surface area contributed by atoms with Gasteiger partial charge in [-0.15, -0.1) is 0 Å². The number of imidazole rings is 1. The number of nitrogens with zero attached hydrogens (tertiary/aromatic N) is 3. The van der Waals surface area contributed by atoms with E-state index in [0.717, 1.165) is 10.0 Å². The second-order valence-electron chi connectivity index (χ2n) is 4.86. The van der Waals surface area contributed by atoms with E-state index in [-0.39, 0.29) is 5.69 Å². The van der Waals surface area contributed by atoms with Gasteiger partial charge in [0.25, 0.3) is 5.56 Å². The van der Waals surface area contributed by atoms with Crippen LogP contribution in [0.15, 0.2) is 43.5 Å². The Hall–Kier alpha value is -1.80. The van der Waals surface area contributed by atoms with Crippen molar-refractivity contribution in [2.45, 2.75) is 10.9 Å². The topological polar surface area (TPSA) is 72.7 Å². The molecule has 6 nitrogen and oxygen atoms in total. The summed E-state index contributed by atoms with van der Waals surface area (Å²) in [6.45, 7) is 0. The van der Waals surface area contributed by atoms with Crippen LogP contribution in [0.1, 0.15) is 5.56 Å². The number of fused-ring (bicyclic) bond motifs is 1. The minimum atomic E-state index is -0.398. The molecule has 0 unspecified atom stereocenters. The van der Waals surface area contributed by atoms with E-state index in [1.807, 2.05) is 24.3 Å². The van der Waals surface area contributed by atoms with Crippen molar-refractivity contribution in [3.05, 3.63) is 55.1 Å². The molecule has 0 aliphatic carbocycles. The molecule has 1 N–H and O–H groups in total. The first-order valence-electron chi connectivity index (χ1n) is 6.50. The lowest BCUT2D eigenvalue weighted by Crippen LogP contribution is -2.18. The Morgan fingerprint density at radius 2 is 2.05 bits per heavy atom. The number of benzene rings is 1. The Morgan fingerprint density at radius 1 is 1.27 bits per heavy atom. The van der Waals surface area contributed by atoms with Gasteiger partial charge in [0.15, 0.2) is 10.7 Å². The van der Waals surface area contributed by atoms with E-state index in [2.05, 4.69) is 25.9 Å². The lowest BCUT2D eigenvalue weighted by molar-refractivity contribution is 0.755. The van der Waals surface area contributed by atoms with Crippen LogP contribution in [0.4, 0.5) is 0 Å². The van der Waals surface area contributed by atoms with Crippen LogP contribution in [0.2, 0.25) is 0 Å². The fourth-order valence-electron chi connectivity index (χ4n) is 2.21. The zero-order chi connectivity index (χ0) is 15.9. The fraction of sp³-hybridized carbons (Fsp3) is 0.214. The first-order chi connectivity index (χ1) is 10.5. The molecule has 0 radical (unpaired) electrons. The van der Waals surface area contributed by atoms with E-state index in [1.165, 1.54) is 16.3 Å². The third-order valence-corrected chi connectivity index (χ3v) is 4.96. The minimum Gasteiger partial charge on any atom is -0.308 e. The van der Waals surface area contributed by atoms with Crippen molar-refractivity contribution in [1.82, 2.24) is 19.1 Å². The van der Waals surface area contributed by atoms with E-state index in [4.69, 9.17) is 0 Å². The second-order valence-corrected chi connectivity index (χ2v) is 6.72. The van der Waals surface area contributed by atoms with Crippen LogP contribution in [0.25, 0.3) is 11.2 Å². The Kier molecular flexibility index (Phi) is 3.96. The van der Waals surface area contributed by atoms with E-state index in [9.17, 15) is 9.59 Å². The van der Waals surface area contributed by atoms with E-state index in [0.29, 0.717) is 22.1 Å². The molecule has 0 amide bonds. The largest absolute Gasteiger partial charge is 0.327 e. The number of thioether (sulfide) groups is 1. The Bertz CT molecular complexity index is 973. The van der Waals surface area contributed by atoms with Crippen molar-refractivity contribution < 1.29 is 0 Å². The average Bonchev–Trinajstić information content (AvgIpc) is 2.78. The third kappa shape index (κ3) is 2.64. The van der Waals surface area contributed by atoms with Gasteiger partial charge >= 0.3 is 5.69 Å². The Labute approximate surface area is 138 Å². The predicted molar refractivity (Wildman–Crippen MR) is 90.3 cm³/mol. The van der Waals surface area contributed by atoms with Crippen LogP contribution in [-0.4, -0.2) is 19.1 Å². The first-order valence-corrected chi connectivity index (χ1v) is 8.28. The van der Waals surface area contributed by atoms with Gasteiger partial charge in [-0.1, -0.05) is 39.8 Å². The second kappa shape index (κ2) is 5.77. The van der Waals surface area contributed by atoms with Gasteiger partial charge in [-0.25, -0.2) is 4.79 Å². The molecule has 0 saturated heterocycles. The van der Waals surface area contributed by atoms with Gasteiger partial charge in [-0.05, 0) is 17.7 Å². The highest BCUT2D eigenvalue weighted by atomic mass is 79.9. The van der Waals surface area contributed by atoms with Crippen molar-refractivity contribution in [2.24, 2.45) is 14.1 Å². The Balaban J connectivity index is 2.00. The number of aromatic nitrogens is 4. The number of hydrogen-bond acceptors (Lipinski definition) is 4. The SMILES string of the molecule is Cn1c(SCc2cccc(Br)c2)nc(=O)c2c1[nH]c(=O)n2C. The molecular formula is C14H13BrN4O2S. The molecule has 0 spiro atoms. The summed E-state index contributed by atoms with van der Waals surface area (Å²) in [5.41, 5.74) is 1.18. The van der Waals surface area contributed by atoms with Crippen molar-refractivity contribution in [3.8, 4) is 0 Å². The predicted octanol–water partition coefficient (Wildman–Crippen LogP) is 2.02. The molecule has 0 aliphatic heterocycles. The van der Waals surface area contributed by atoms with Gasteiger partial charge in [0.2, 0.25) is 0 Å². The summed E-state index contributed by atoms with van der Waals surface area (Å²) in [7, 11) is 3.34. The summed E-state index contributed by atoms with van der Waals surface area (Å²) in [4.78, 5) is 30.6. The maximum atomic E-state index is 12.1. The maximum Gasteiger partial charge on any atom is 0.327 e. The molecule has 0 saturated carbocycles. The summed E-state index contributed by atoms with van der Waals surface area (Å²) >= 11 is 4.89. The van der Waals surface area contributed by atoms with Gasteiger partial charge in [0.1, 0.15) is 5.65 Å². The van der Waals surface area contributed by atoms with Crippen LogP contribution in [-0.2, 0) is 19.8 Å². The maximum absolute atomic E-state index is 12.1. The summed E-state index contributed by atoms with van der Waals surface area (Å²) < 4.78 is 4.03. The van der Waals surface area contributed by atoms with Crippen LogP contribution in [0.5, 0.6) is 0 Å². The summed E-state index contributed by atoms with van der Waals surface area (Å²) in [5, 5.41) is 0.569. The number of nitrogens with one attached hydrogen (secondary N) is 1. The lowest BCUT2D eigenvalue weighted by atomic mass is 10.2. The smallest absolute Gasteiger partial charge is 0.308 e. The highest BCUT2D eigenvalue weighted by Gasteiger charge is 2.14. The van der Waals surface area contributed by atoms with Gasteiger partial charge < -0.3 is 4.57 Å². The summed E-state index contributed by atoms with van der Waals surface area (Å²) in [6, 6.07) is 7.96. The van der Waals surface area contributed by atoms with Gasteiger partial charge in [-0.3, -0.25) is 14.3 Å². The quantitative estimate of drug-likeness (QED) is 0.557. The highest BCUT2D eigenvalue weighted by Crippen LogP contribution is 2.23. The standard InChI is InChI=1S/C14H13BrN4O2S/c1-18-10-11(16-13(18)21)19(2)14(17-12(10)20)22-7-8-4-3-5-9(15)6-8/h3-6H,7H2,1-2H3,(H,16,21). The Morgan fingerprint density at radius 3 is 2.77 bits per heavy atom. The molecule has 0 fully saturated rings. The minimum absolute atomic E-state index is 0.291. The molecule has 114 valence electrons. The third-order valence-electron chi connectivity index (χ3n) is 3.37. The molecule has 0 bridgehead atoms. The van der Waals surface area contributed by atoms with Crippen molar-refractivity contribution in [3.63, 3.8) is 0 Å². The molecule has 3 aromatic rings. The molecule has 0 aliphatic rings. The first kappa shape index (κ1) is 15.1. The van der Waals surface area contributed by atoms with E-state index < -0.39 is 5.56 Å². The normalized spacial score (nSPS) is 11.2. The van der Waals surface area contributed by atoms with Crippen LogP contribution < -0.4 is 11.2 Å². The highest BCUT2D eigenvalue weighted by molar-refractivity contribution is 9.10. The molecule has 2 heterocycles. The van der Waals surface area contributed by atoms with Crippen molar-refractivity contribution in [1.29, 1.82) is 0 Å². The zero-order valence-electron chi connectivity index (χ0n) is 12.0. The van der Waals surface area contributed by atoms with Crippen LogP contribution in [0, 0.1) is 0 Å². The number of H-pyrrole nitrogens is 1. The molecular weight excluding hydrogens is 368 g/mol. The van der Waals surface area contributed by atoms with E-state index >= 15 is 0 Å². The average molecular weight is 381 g/mol. The molecule has 0 atom stereocenters. The lowest BCUT2D eigenvalue weighted by Gasteiger charge is -2.08. The number of aromatic amines is 1. The molecule has 2 aromatic heterocycles. The fourth-order valence-corrected chi connectivity index (χ4v) is 3.56. The number of halogens is 1. The number of rotatable bonds is 3. The van der Waals surface area contributed by atoms with Gasteiger partial charge in [-0.2, -0.15) is 4.98 Å². The molecule has 3 rings (SSSR count). The van der Waals surface area contributed by atoms with Gasteiger partial charge in [0, 0.05) is 24.3 Å². The van der Waals surface area contributed by atoms with Gasteiger partial charge in [0.05, 0.1) is 0 Å². The molecule has 8 heteroatoms. The number of aryl methyl sites for hydroxylation is 2. The number of hydrogen-bond donors (Lipinski definition) is 1.